The van der Waals surface area contributed by atoms with E-state index in [0.717, 1.165) is 78.5 Å². The van der Waals surface area contributed by atoms with Crippen molar-refractivity contribution in [3.8, 4) is 0 Å². The third-order valence-electron chi connectivity index (χ3n) is 3.90. The Morgan fingerprint density at radius 3 is 0.724 bits per heavy atom. The summed E-state index contributed by atoms with van der Waals surface area (Å²) in [7, 11) is 0. The molecule has 0 aromatic heterocycles. The van der Waals surface area contributed by atoms with E-state index >= 15 is 0 Å². The molecule has 11 heteroatoms. The molecule has 0 aromatic carbocycles. The first-order valence-corrected chi connectivity index (χ1v) is 10.5. The molecule has 0 rings (SSSR count). The van der Waals surface area contributed by atoms with Gasteiger partial charge in [-0.05, 0) is 0 Å². The third-order valence-corrected chi connectivity index (χ3v) is 3.90. The van der Waals surface area contributed by atoms with Gasteiger partial charge in [0.15, 0.2) is 0 Å². The second-order valence-corrected chi connectivity index (χ2v) is 6.54. The molecule has 0 saturated carbocycles. The molecule has 0 aliphatic rings. The maximum atomic E-state index is 10.3. The first-order valence-electron chi connectivity index (χ1n) is 10.5. The fraction of sp³-hybridized carbons (Fsp3) is 0.889. The number of carboxylic acid groups (broad SMARTS) is 2. The van der Waals surface area contributed by atoms with E-state index in [1.165, 1.54) is 0 Å². The van der Waals surface area contributed by atoms with Gasteiger partial charge in [0.2, 0.25) is 0 Å². The number of hydrogen-bond acceptors (Lipinski definition) is 9. The summed E-state index contributed by atoms with van der Waals surface area (Å²) in [6.45, 7) is 11.6. The highest BCUT2D eigenvalue weighted by atomic mass is 16.4. The van der Waals surface area contributed by atoms with E-state index in [1.807, 2.05) is 0 Å². The van der Waals surface area contributed by atoms with Crippen molar-refractivity contribution in [1.82, 2.24) is 37.2 Å². The van der Waals surface area contributed by atoms with Crippen LogP contribution in [0.4, 0.5) is 0 Å². The van der Waals surface area contributed by atoms with Gasteiger partial charge >= 0.3 is 11.9 Å². The molecule has 0 spiro atoms. The van der Waals surface area contributed by atoms with E-state index in [2.05, 4.69) is 37.2 Å². The van der Waals surface area contributed by atoms with Crippen LogP contribution in [0.1, 0.15) is 12.8 Å². The zero-order valence-electron chi connectivity index (χ0n) is 17.5. The fourth-order valence-corrected chi connectivity index (χ4v) is 2.33. The smallest absolute Gasteiger partial charge is 0.304 e. The highest BCUT2D eigenvalue weighted by Gasteiger charge is 1.96. The van der Waals surface area contributed by atoms with E-state index in [-0.39, 0.29) is 12.8 Å². The van der Waals surface area contributed by atoms with Crippen LogP contribution in [0.15, 0.2) is 0 Å². The lowest BCUT2D eigenvalue weighted by atomic mass is 10.4. The monoisotopic (exact) mass is 419 g/mol. The van der Waals surface area contributed by atoms with Crippen molar-refractivity contribution in [1.29, 1.82) is 0 Å². The van der Waals surface area contributed by atoms with Crippen molar-refractivity contribution in [2.75, 3.05) is 91.6 Å². The summed E-state index contributed by atoms with van der Waals surface area (Å²) in [5, 5.41) is 39.8. The Morgan fingerprint density at radius 1 is 0.379 bits per heavy atom. The molecule has 29 heavy (non-hydrogen) atoms. The molecule has 0 amide bonds. The van der Waals surface area contributed by atoms with Crippen molar-refractivity contribution in [3.05, 3.63) is 0 Å². The zero-order valence-corrected chi connectivity index (χ0v) is 17.5. The molecule has 0 aliphatic carbocycles. The summed E-state index contributed by atoms with van der Waals surface area (Å²) in [6.07, 6.45) is 0.326. The van der Waals surface area contributed by atoms with Crippen LogP contribution in [-0.2, 0) is 9.59 Å². The van der Waals surface area contributed by atoms with Crippen molar-refractivity contribution >= 4 is 11.9 Å². The van der Waals surface area contributed by atoms with E-state index in [9.17, 15) is 9.59 Å². The van der Waals surface area contributed by atoms with Crippen LogP contribution in [0.5, 0.6) is 0 Å². The summed E-state index contributed by atoms with van der Waals surface area (Å²) in [4.78, 5) is 20.7. The number of hydrogen-bond donors (Lipinski definition) is 9. The van der Waals surface area contributed by atoms with Gasteiger partial charge in [0.1, 0.15) is 0 Å². The number of aliphatic carboxylic acids is 2. The Balaban J connectivity index is 3.01. The number of rotatable bonds is 24. The number of carboxylic acids is 2. The van der Waals surface area contributed by atoms with Crippen molar-refractivity contribution in [3.63, 3.8) is 0 Å². The summed E-state index contributed by atoms with van der Waals surface area (Å²) in [5.41, 5.74) is 0. The van der Waals surface area contributed by atoms with Crippen LogP contribution in [-0.4, -0.2) is 114 Å². The minimum Gasteiger partial charge on any atom is -0.481 e. The maximum absolute atomic E-state index is 10.3. The Morgan fingerprint density at radius 2 is 0.552 bits per heavy atom. The Hall–Kier alpha value is -1.34. The molecular formula is C18H41N7O4. The van der Waals surface area contributed by atoms with Gasteiger partial charge in [-0.2, -0.15) is 0 Å². The summed E-state index contributed by atoms with van der Waals surface area (Å²) >= 11 is 0. The lowest BCUT2D eigenvalue weighted by Crippen LogP contribution is -2.38. The molecule has 172 valence electrons. The van der Waals surface area contributed by atoms with Gasteiger partial charge in [0.25, 0.3) is 0 Å². The number of carbonyl (C=O) groups is 2. The fourth-order valence-electron chi connectivity index (χ4n) is 2.33. The maximum Gasteiger partial charge on any atom is 0.304 e. The Kier molecular flexibility index (Phi) is 21.9. The zero-order chi connectivity index (χ0) is 21.4. The van der Waals surface area contributed by atoms with E-state index in [0.29, 0.717) is 13.1 Å². The highest BCUT2D eigenvalue weighted by molar-refractivity contribution is 5.67. The molecule has 11 nitrogen and oxygen atoms in total. The minimum absolute atomic E-state index is 0.163. The van der Waals surface area contributed by atoms with E-state index < -0.39 is 11.9 Å². The summed E-state index contributed by atoms with van der Waals surface area (Å²) in [6, 6.07) is 0. The largest absolute Gasteiger partial charge is 0.481 e. The minimum atomic E-state index is -0.771. The van der Waals surface area contributed by atoms with Gasteiger partial charge < -0.3 is 47.4 Å². The van der Waals surface area contributed by atoms with Crippen LogP contribution < -0.4 is 37.2 Å². The molecular weight excluding hydrogens is 378 g/mol. The molecule has 0 aliphatic heterocycles. The molecule has 0 saturated heterocycles. The van der Waals surface area contributed by atoms with Gasteiger partial charge in [-0.1, -0.05) is 0 Å². The summed E-state index contributed by atoms with van der Waals surface area (Å²) in [5.74, 6) is -1.54. The van der Waals surface area contributed by atoms with Crippen LogP contribution in [0.2, 0.25) is 0 Å². The van der Waals surface area contributed by atoms with Crippen LogP contribution in [0, 0.1) is 0 Å². The predicted octanol–water partition coefficient (Wildman–Crippen LogP) is -2.94. The average molecular weight is 420 g/mol. The van der Waals surface area contributed by atoms with Gasteiger partial charge in [-0.3, -0.25) is 9.59 Å². The highest BCUT2D eigenvalue weighted by Crippen LogP contribution is 1.74. The quantitative estimate of drug-likeness (QED) is 0.0737. The predicted molar refractivity (Wildman–Crippen MR) is 115 cm³/mol. The molecule has 0 bridgehead atoms. The van der Waals surface area contributed by atoms with Crippen LogP contribution in [0.25, 0.3) is 0 Å². The van der Waals surface area contributed by atoms with Gasteiger partial charge in [-0.15, -0.1) is 0 Å². The summed E-state index contributed by atoms with van der Waals surface area (Å²) < 4.78 is 0. The Bertz CT molecular complexity index is 355. The van der Waals surface area contributed by atoms with Gasteiger partial charge in [-0.25, -0.2) is 0 Å². The first-order chi connectivity index (χ1) is 14.1. The molecule has 0 unspecified atom stereocenters. The number of nitrogens with one attached hydrogen (secondary N) is 7. The van der Waals surface area contributed by atoms with Crippen LogP contribution in [0.3, 0.4) is 0 Å². The Labute approximate surface area is 174 Å². The normalized spacial score (nSPS) is 11.0. The molecule has 0 aromatic rings. The van der Waals surface area contributed by atoms with E-state index in [4.69, 9.17) is 10.2 Å². The molecule has 9 N–H and O–H groups in total. The molecule has 0 radical (unpaired) electrons. The average Bonchev–Trinajstić information content (AvgIpc) is 2.68. The lowest BCUT2D eigenvalue weighted by Gasteiger charge is -2.09. The van der Waals surface area contributed by atoms with Crippen molar-refractivity contribution in [2.45, 2.75) is 12.8 Å². The lowest BCUT2D eigenvalue weighted by molar-refractivity contribution is -0.137. The second kappa shape index (κ2) is 22.9. The molecule has 0 atom stereocenters. The molecule has 0 fully saturated rings. The molecule has 0 heterocycles. The van der Waals surface area contributed by atoms with Crippen LogP contribution >= 0.6 is 0 Å². The van der Waals surface area contributed by atoms with Crippen molar-refractivity contribution < 1.29 is 19.8 Å². The van der Waals surface area contributed by atoms with Gasteiger partial charge in [0, 0.05) is 91.6 Å². The third kappa shape index (κ3) is 26.7. The van der Waals surface area contributed by atoms with Gasteiger partial charge in [0.05, 0.1) is 12.8 Å². The standard InChI is InChI=1S/C18H41N7O4/c26-17(27)1-3-19-5-7-21-9-11-23-13-15-25-16-14-24-12-10-22-8-6-20-4-2-18(28)29/h19-25H,1-16H2,(H,26,27)(H,28,29). The second-order valence-electron chi connectivity index (χ2n) is 6.54. The SMILES string of the molecule is O=C(O)CCNCCNCCNCCNCCNCCNCCNCCC(=O)O. The van der Waals surface area contributed by atoms with Crippen molar-refractivity contribution in [2.24, 2.45) is 0 Å². The first kappa shape index (κ1) is 27.7. The topological polar surface area (TPSA) is 159 Å². The van der Waals surface area contributed by atoms with E-state index in [1.54, 1.807) is 0 Å².